The molecule has 7 nitrogen and oxygen atoms in total. The molecular formula is C12H15N5O2. The van der Waals surface area contributed by atoms with E-state index in [0.29, 0.717) is 17.3 Å². The van der Waals surface area contributed by atoms with Gasteiger partial charge in [0.15, 0.2) is 0 Å². The van der Waals surface area contributed by atoms with Crippen molar-refractivity contribution < 1.29 is 9.53 Å². The minimum Gasteiger partial charge on any atom is -0.491 e. The van der Waals surface area contributed by atoms with Crippen molar-refractivity contribution in [3.8, 4) is 5.75 Å². The van der Waals surface area contributed by atoms with Crippen LogP contribution in [-0.4, -0.2) is 32.2 Å². The molecule has 0 atom stereocenters. The van der Waals surface area contributed by atoms with Gasteiger partial charge in [-0.25, -0.2) is 4.68 Å². The minimum atomic E-state index is -0.285. The summed E-state index contributed by atoms with van der Waals surface area (Å²) in [5, 5.41) is 13.4. The van der Waals surface area contributed by atoms with Crippen LogP contribution in [0.5, 0.6) is 5.75 Å². The van der Waals surface area contributed by atoms with E-state index in [4.69, 9.17) is 4.74 Å². The van der Waals surface area contributed by atoms with E-state index in [2.05, 4.69) is 20.8 Å². The van der Waals surface area contributed by atoms with Crippen LogP contribution in [0.25, 0.3) is 0 Å². The highest BCUT2D eigenvalue weighted by molar-refractivity contribution is 6.03. The fourth-order valence-electron chi connectivity index (χ4n) is 1.49. The third-order valence-electron chi connectivity index (χ3n) is 2.31. The number of hydrogen-bond donors (Lipinski definition) is 1. The topological polar surface area (TPSA) is 81.9 Å². The molecule has 2 rings (SSSR count). The molecule has 0 unspecified atom stereocenters. The molecule has 1 amide bonds. The quantitative estimate of drug-likeness (QED) is 0.895. The van der Waals surface area contributed by atoms with Crippen LogP contribution in [0, 0.1) is 0 Å². The molecule has 1 heterocycles. The summed E-state index contributed by atoms with van der Waals surface area (Å²) in [6, 6.07) is 6.95. The zero-order valence-corrected chi connectivity index (χ0v) is 11.0. The predicted octanol–water partition coefficient (Wildman–Crippen LogP) is 1.25. The van der Waals surface area contributed by atoms with E-state index < -0.39 is 0 Å². The summed E-state index contributed by atoms with van der Waals surface area (Å²) >= 11 is 0. The van der Waals surface area contributed by atoms with Gasteiger partial charge >= 0.3 is 0 Å². The van der Waals surface area contributed by atoms with Crippen LogP contribution in [0.3, 0.4) is 0 Å². The number of anilines is 1. The van der Waals surface area contributed by atoms with Gasteiger partial charge < -0.3 is 4.74 Å². The summed E-state index contributed by atoms with van der Waals surface area (Å²) in [7, 11) is 1.65. The first kappa shape index (κ1) is 13.0. The highest BCUT2D eigenvalue weighted by atomic mass is 16.5. The van der Waals surface area contributed by atoms with Crippen molar-refractivity contribution >= 4 is 11.9 Å². The third kappa shape index (κ3) is 3.27. The Balaban J connectivity index is 2.13. The molecule has 2 aromatic rings. The van der Waals surface area contributed by atoms with Crippen LogP contribution in [0.15, 0.2) is 24.3 Å². The number of carbonyl (C=O) groups excluding carboxylic acids is 1. The first-order valence-corrected chi connectivity index (χ1v) is 5.86. The zero-order valence-electron chi connectivity index (χ0n) is 11.0. The number of nitrogens with one attached hydrogen (secondary N) is 1. The highest BCUT2D eigenvalue weighted by Gasteiger charge is 2.11. The normalized spacial score (nSPS) is 10.5. The molecule has 0 bridgehead atoms. The first-order chi connectivity index (χ1) is 9.06. The lowest BCUT2D eigenvalue weighted by Crippen LogP contribution is -2.15. The van der Waals surface area contributed by atoms with Crippen molar-refractivity contribution in [3.63, 3.8) is 0 Å². The minimum absolute atomic E-state index is 0.0567. The number of tetrazole rings is 1. The Labute approximate surface area is 110 Å². The van der Waals surface area contributed by atoms with Gasteiger partial charge in [-0.05, 0) is 42.5 Å². The van der Waals surface area contributed by atoms with Crippen molar-refractivity contribution in [1.29, 1.82) is 0 Å². The lowest BCUT2D eigenvalue weighted by molar-refractivity contribution is 0.102. The zero-order chi connectivity index (χ0) is 13.8. The van der Waals surface area contributed by atoms with Crippen molar-refractivity contribution in [2.75, 3.05) is 5.32 Å². The van der Waals surface area contributed by atoms with E-state index >= 15 is 0 Å². The van der Waals surface area contributed by atoms with E-state index in [0.717, 1.165) is 0 Å². The van der Waals surface area contributed by atoms with Gasteiger partial charge in [0, 0.05) is 12.6 Å². The molecule has 0 aliphatic heterocycles. The molecule has 7 heteroatoms. The Morgan fingerprint density at radius 3 is 2.84 bits per heavy atom. The molecule has 0 saturated carbocycles. The Kier molecular flexibility index (Phi) is 3.74. The number of carbonyl (C=O) groups is 1. The maximum Gasteiger partial charge on any atom is 0.258 e. The number of rotatable bonds is 4. The number of aromatic nitrogens is 4. The SMILES string of the molecule is CC(C)Oc1cccc(C(=O)Nc2nnnn2C)c1. The summed E-state index contributed by atoms with van der Waals surface area (Å²) in [5.74, 6) is 0.658. The Hall–Kier alpha value is -2.44. The number of benzene rings is 1. The van der Waals surface area contributed by atoms with E-state index in [-0.39, 0.29) is 12.0 Å². The smallest absolute Gasteiger partial charge is 0.258 e. The van der Waals surface area contributed by atoms with Gasteiger partial charge in [-0.3, -0.25) is 10.1 Å². The summed E-state index contributed by atoms with van der Waals surface area (Å²) in [5.41, 5.74) is 0.487. The molecule has 0 fully saturated rings. The largest absolute Gasteiger partial charge is 0.491 e. The van der Waals surface area contributed by atoms with Gasteiger partial charge in [0.1, 0.15) is 5.75 Å². The summed E-state index contributed by atoms with van der Waals surface area (Å²) in [4.78, 5) is 12.0. The van der Waals surface area contributed by atoms with Crippen molar-refractivity contribution in [3.05, 3.63) is 29.8 Å². The number of hydrogen-bond acceptors (Lipinski definition) is 5. The molecule has 1 aromatic heterocycles. The van der Waals surface area contributed by atoms with Crippen LogP contribution in [0.2, 0.25) is 0 Å². The third-order valence-corrected chi connectivity index (χ3v) is 2.31. The lowest BCUT2D eigenvalue weighted by atomic mass is 10.2. The second-order valence-electron chi connectivity index (χ2n) is 4.27. The molecule has 19 heavy (non-hydrogen) atoms. The van der Waals surface area contributed by atoms with Crippen LogP contribution < -0.4 is 10.1 Å². The monoisotopic (exact) mass is 261 g/mol. The number of ether oxygens (including phenoxy) is 1. The van der Waals surface area contributed by atoms with Crippen molar-refractivity contribution in [1.82, 2.24) is 20.2 Å². The molecule has 0 aliphatic carbocycles. The van der Waals surface area contributed by atoms with Gasteiger partial charge in [0.05, 0.1) is 6.10 Å². The number of nitrogens with zero attached hydrogens (tertiary/aromatic N) is 4. The second kappa shape index (κ2) is 5.47. The highest BCUT2D eigenvalue weighted by Crippen LogP contribution is 2.15. The van der Waals surface area contributed by atoms with Gasteiger partial charge in [0.25, 0.3) is 5.91 Å². The Morgan fingerprint density at radius 1 is 1.42 bits per heavy atom. The predicted molar refractivity (Wildman–Crippen MR) is 69.0 cm³/mol. The molecular weight excluding hydrogens is 246 g/mol. The number of aryl methyl sites for hydroxylation is 1. The molecule has 1 aromatic carbocycles. The maximum atomic E-state index is 12.0. The van der Waals surface area contributed by atoms with Gasteiger partial charge in [0.2, 0.25) is 5.95 Å². The van der Waals surface area contributed by atoms with Gasteiger partial charge in [-0.1, -0.05) is 11.2 Å². The summed E-state index contributed by atoms with van der Waals surface area (Å²) < 4.78 is 6.92. The molecule has 0 saturated heterocycles. The van der Waals surface area contributed by atoms with Crippen LogP contribution in [0.4, 0.5) is 5.95 Å². The van der Waals surface area contributed by atoms with E-state index in [1.54, 1.807) is 31.3 Å². The van der Waals surface area contributed by atoms with Crippen molar-refractivity contribution in [2.24, 2.45) is 7.05 Å². The molecule has 0 spiro atoms. The summed E-state index contributed by atoms with van der Waals surface area (Å²) in [6.07, 6.45) is 0.0567. The van der Waals surface area contributed by atoms with Gasteiger partial charge in [-0.2, -0.15) is 0 Å². The fourth-order valence-corrected chi connectivity index (χ4v) is 1.49. The fraction of sp³-hybridized carbons (Fsp3) is 0.333. The molecule has 1 N–H and O–H groups in total. The Bertz CT molecular complexity index is 579. The van der Waals surface area contributed by atoms with Gasteiger partial charge in [-0.15, -0.1) is 0 Å². The van der Waals surface area contributed by atoms with E-state index in [1.165, 1.54) is 4.68 Å². The van der Waals surface area contributed by atoms with E-state index in [9.17, 15) is 4.79 Å². The lowest BCUT2D eigenvalue weighted by Gasteiger charge is -2.10. The first-order valence-electron chi connectivity index (χ1n) is 5.86. The van der Waals surface area contributed by atoms with Crippen LogP contribution in [-0.2, 0) is 7.05 Å². The summed E-state index contributed by atoms with van der Waals surface area (Å²) in [6.45, 7) is 3.86. The molecule has 0 aliphatic rings. The number of amides is 1. The van der Waals surface area contributed by atoms with Crippen LogP contribution >= 0.6 is 0 Å². The molecule has 0 radical (unpaired) electrons. The average molecular weight is 261 g/mol. The molecule has 100 valence electrons. The Morgan fingerprint density at radius 2 is 2.21 bits per heavy atom. The van der Waals surface area contributed by atoms with Crippen LogP contribution in [0.1, 0.15) is 24.2 Å². The van der Waals surface area contributed by atoms with Crippen molar-refractivity contribution in [2.45, 2.75) is 20.0 Å². The second-order valence-corrected chi connectivity index (χ2v) is 4.27. The standard InChI is InChI=1S/C12H15N5O2/c1-8(2)19-10-6-4-5-9(7-10)11(18)13-12-14-15-16-17(12)3/h4-8H,1-3H3,(H,13,14,16,18). The average Bonchev–Trinajstić information content (AvgIpc) is 2.74. The van der Waals surface area contributed by atoms with E-state index in [1.807, 2.05) is 13.8 Å². The maximum absolute atomic E-state index is 12.0.